The zero-order valence-electron chi connectivity index (χ0n) is 19.7. The van der Waals surface area contributed by atoms with Crippen LogP contribution in [0.25, 0.3) is 0 Å². The van der Waals surface area contributed by atoms with Crippen molar-refractivity contribution >= 4 is 116 Å². The summed E-state index contributed by atoms with van der Waals surface area (Å²) in [7, 11) is 0. The third-order valence-electron chi connectivity index (χ3n) is 5.12. The van der Waals surface area contributed by atoms with E-state index in [4.69, 9.17) is 81.2 Å². The van der Waals surface area contributed by atoms with Crippen LogP contribution in [0.4, 0.5) is 25.8 Å². The lowest BCUT2D eigenvalue weighted by molar-refractivity contribution is -0.116. The van der Waals surface area contributed by atoms with Crippen molar-refractivity contribution in [3.63, 3.8) is 0 Å². The Balaban J connectivity index is 1.72. The fraction of sp³-hybridized carbons (Fsp3) is 0.160. The number of alkyl halides is 4. The summed E-state index contributed by atoms with van der Waals surface area (Å²) in [6.45, 7) is 0. The van der Waals surface area contributed by atoms with Crippen LogP contribution < -0.4 is 16.0 Å². The molecule has 0 atom stereocenters. The summed E-state index contributed by atoms with van der Waals surface area (Å²) in [5.41, 5.74) is -0.315. The van der Waals surface area contributed by atoms with Crippen molar-refractivity contribution < 1.29 is 23.2 Å². The van der Waals surface area contributed by atoms with Crippen LogP contribution in [0.3, 0.4) is 0 Å². The molecule has 0 aliphatic rings. The van der Waals surface area contributed by atoms with Crippen LogP contribution >= 0.6 is 81.2 Å². The summed E-state index contributed by atoms with van der Waals surface area (Å²) >= 11 is 41.6. The van der Waals surface area contributed by atoms with Crippen molar-refractivity contribution in [3.05, 3.63) is 86.4 Å². The molecule has 0 bridgehead atoms. The molecule has 15 heteroatoms. The van der Waals surface area contributed by atoms with Gasteiger partial charge in [0.05, 0.1) is 38.4 Å². The van der Waals surface area contributed by atoms with Crippen LogP contribution in [-0.4, -0.2) is 26.9 Å². The molecular formula is C25H16Cl7F2N3O3. The molecule has 0 radical (unpaired) electrons. The molecule has 0 aliphatic carbocycles. The summed E-state index contributed by atoms with van der Waals surface area (Å²) in [6.07, 6.45) is -0.252. The Hall–Kier alpha value is -2.04. The first-order valence-corrected chi connectivity index (χ1v) is 13.7. The molecule has 0 aliphatic heterocycles. The van der Waals surface area contributed by atoms with Gasteiger partial charge in [0.2, 0.25) is 5.91 Å². The number of rotatable bonds is 9. The first-order chi connectivity index (χ1) is 18.6. The summed E-state index contributed by atoms with van der Waals surface area (Å²) in [5, 5.41) is 7.48. The largest absolute Gasteiger partial charge is 0.326 e. The third-order valence-corrected chi connectivity index (χ3v) is 7.12. The second-order valence-corrected chi connectivity index (χ2v) is 12.2. The maximum absolute atomic E-state index is 14.4. The maximum Gasteiger partial charge on any atom is 0.257 e. The summed E-state index contributed by atoms with van der Waals surface area (Å²) in [6, 6.07) is 10.1. The van der Waals surface area contributed by atoms with E-state index in [-0.39, 0.29) is 29.1 Å². The predicted molar refractivity (Wildman–Crippen MR) is 158 cm³/mol. The van der Waals surface area contributed by atoms with Gasteiger partial charge in [-0.2, -0.15) is 0 Å². The highest BCUT2D eigenvalue weighted by molar-refractivity contribution is 6.54. The SMILES string of the molecule is O=C(CC(Cl)(Cl)Cc1ccc(Cl)c(Cl)c1)Nc1ccc(Cl)c(C(=O)Nc2cc(NC(=O)C(Cl)Cl)c(F)cc2F)c1. The molecule has 0 heterocycles. The van der Waals surface area contributed by atoms with Gasteiger partial charge in [-0.25, -0.2) is 8.78 Å². The van der Waals surface area contributed by atoms with Crippen molar-refractivity contribution in [1.29, 1.82) is 0 Å². The molecule has 0 aromatic heterocycles. The van der Waals surface area contributed by atoms with Crippen LogP contribution in [-0.2, 0) is 16.0 Å². The van der Waals surface area contributed by atoms with E-state index in [1.165, 1.54) is 18.2 Å². The van der Waals surface area contributed by atoms with Crippen LogP contribution in [0.15, 0.2) is 48.5 Å². The Bertz CT molecular complexity index is 1470. The molecule has 3 aromatic rings. The minimum atomic E-state index is -1.52. The molecule has 3 aromatic carbocycles. The van der Waals surface area contributed by atoms with Crippen LogP contribution in [0.2, 0.25) is 15.1 Å². The van der Waals surface area contributed by atoms with Gasteiger partial charge in [0.25, 0.3) is 11.8 Å². The topological polar surface area (TPSA) is 87.3 Å². The van der Waals surface area contributed by atoms with E-state index in [0.29, 0.717) is 21.7 Å². The Morgan fingerprint density at radius 3 is 2.02 bits per heavy atom. The monoisotopic (exact) mass is 689 g/mol. The second kappa shape index (κ2) is 13.7. The maximum atomic E-state index is 14.4. The van der Waals surface area contributed by atoms with Crippen molar-refractivity contribution in [2.75, 3.05) is 16.0 Å². The third kappa shape index (κ3) is 8.98. The zero-order valence-corrected chi connectivity index (χ0v) is 25.0. The van der Waals surface area contributed by atoms with Crippen molar-refractivity contribution in [2.45, 2.75) is 22.0 Å². The van der Waals surface area contributed by atoms with Gasteiger partial charge < -0.3 is 16.0 Å². The number of carbonyl (C=O) groups is 3. The Morgan fingerprint density at radius 1 is 0.775 bits per heavy atom. The van der Waals surface area contributed by atoms with Crippen LogP contribution in [0.1, 0.15) is 22.3 Å². The molecular weight excluding hydrogens is 676 g/mol. The first kappa shape index (κ1) is 32.5. The second-order valence-electron chi connectivity index (χ2n) is 8.26. The fourth-order valence-electron chi connectivity index (χ4n) is 3.35. The van der Waals surface area contributed by atoms with Crippen molar-refractivity contribution in [2.24, 2.45) is 0 Å². The van der Waals surface area contributed by atoms with E-state index in [1.807, 2.05) is 0 Å². The molecule has 3 rings (SSSR count). The number of hydrogen-bond acceptors (Lipinski definition) is 3. The number of anilines is 3. The van der Waals surface area contributed by atoms with Crippen molar-refractivity contribution in [3.8, 4) is 0 Å². The van der Waals surface area contributed by atoms with Crippen molar-refractivity contribution in [1.82, 2.24) is 0 Å². The summed E-state index contributed by atoms with van der Waals surface area (Å²) in [4.78, 5) is 35.7. The lowest BCUT2D eigenvalue weighted by Gasteiger charge is -2.19. The smallest absolute Gasteiger partial charge is 0.257 e. The van der Waals surface area contributed by atoms with Gasteiger partial charge in [-0.1, -0.05) is 64.1 Å². The fourth-order valence-corrected chi connectivity index (χ4v) is 4.53. The number of benzene rings is 3. The van der Waals surface area contributed by atoms with Gasteiger partial charge in [-0.15, -0.1) is 23.2 Å². The van der Waals surface area contributed by atoms with Gasteiger partial charge in [0.1, 0.15) is 16.0 Å². The number of amides is 3. The van der Waals surface area contributed by atoms with E-state index in [0.717, 1.165) is 6.07 Å². The number of halogens is 9. The van der Waals surface area contributed by atoms with E-state index in [9.17, 15) is 23.2 Å². The molecule has 40 heavy (non-hydrogen) atoms. The van der Waals surface area contributed by atoms with Gasteiger partial charge in [-0.3, -0.25) is 14.4 Å². The Morgan fingerprint density at radius 2 is 1.40 bits per heavy atom. The summed E-state index contributed by atoms with van der Waals surface area (Å²) < 4.78 is 26.9. The molecule has 212 valence electrons. The van der Waals surface area contributed by atoms with Gasteiger partial charge in [0.15, 0.2) is 4.84 Å². The molecule has 6 nitrogen and oxygen atoms in total. The van der Waals surface area contributed by atoms with Gasteiger partial charge >= 0.3 is 0 Å². The van der Waals surface area contributed by atoms with Gasteiger partial charge in [0, 0.05) is 18.2 Å². The molecule has 0 fully saturated rings. The number of carbonyl (C=O) groups excluding carboxylic acids is 3. The predicted octanol–water partition coefficient (Wildman–Crippen LogP) is 8.66. The average Bonchev–Trinajstić information content (AvgIpc) is 2.84. The molecule has 0 saturated carbocycles. The standard InChI is InChI=1S/C25H16Cl7F2N3O3/c26-14-4-2-12(35-21(38)10-25(31,32)9-11-1-3-15(27)16(28)5-11)6-13(14)23(39)36-19-8-20(18(34)7-17(19)33)37-24(40)22(29)30/h1-8,22H,9-10H2,(H,35,38)(H,36,39)(H,37,40). The minimum Gasteiger partial charge on any atom is -0.326 e. The molecule has 3 amide bonds. The van der Waals surface area contributed by atoms with Gasteiger partial charge in [-0.05, 0) is 42.0 Å². The minimum absolute atomic E-state index is 0.0395. The average molecular weight is 693 g/mol. The van der Waals surface area contributed by atoms with E-state index >= 15 is 0 Å². The normalized spacial score (nSPS) is 11.3. The van der Waals surface area contributed by atoms with E-state index in [1.54, 1.807) is 18.2 Å². The number of hydrogen-bond donors (Lipinski definition) is 3. The quantitative estimate of drug-likeness (QED) is 0.196. The summed E-state index contributed by atoms with van der Waals surface area (Å²) in [5.74, 6) is -4.72. The highest BCUT2D eigenvalue weighted by Crippen LogP contribution is 2.33. The highest BCUT2D eigenvalue weighted by Gasteiger charge is 2.29. The Kier molecular flexibility index (Phi) is 11.2. The molecule has 0 unspecified atom stereocenters. The van der Waals surface area contributed by atoms with Crippen LogP contribution in [0, 0.1) is 11.6 Å². The van der Waals surface area contributed by atoms with E-state index in [2.05, 4.69) is 16.0 Å². The lowest BCUT2D eigenvalue weighted by atomic mass is 10.1. The number of nitrogens with one attached hydrogen (secondary N) is 3. The first-order valence-electron chi connectivity index (χ1n) is 11.0. The lowest BCUT2D eigenvalue weighted by Crippen LogP contribution is -2.25. The highest BCUT2D eigenvalue weighted by atomic mass is 35.5. The molecule has 0 spiro atoms. The Labute approximate surface area is 262 Å². The zero-order chi connectivity index (χ0) is 29.8. The van der Waals surface area contributed by atoms with Crippen LogP contribution in [0.5, 0.6) is 0 Å². The molecule has 0 saturated heterocycles. The van der Waals surface area contributed by atoms with E-state index < -0.39 is 49.9 Å². The molecule has 3 N–H and O–H groups in total.